The van der Waals surface area contributed by atoms with Crippen LogP contribution in [0.2, 0.25) is 0 Å². The Balaban J connectivity index is 2.34. The summed E-state index contributed by atoms with van der Waals surface area (Å²) in [4.78, 5) is 10.8. The third-order valence-electron chi connectivity index (χ3n) is 2.66. The fourth-order valence-corrected chi connectivity index (χ4v) is 1.75. The Hall–Kier alpha value is -2.25. The number of carboxylic acid groups (broad SMARTS) is 1. The molecule has 0 amide bonds. The van der Waals surface area contributed by atoms with Crippen LogP contribution in [-0.4, -0.2) is 41.1 Å². The van der Waals surface area contributed by atoms with E-state index in [9.17, 15) is 4.79 Å². The maximum Gasteiger partial charge on any atom is 0.305 e. The maximum atomic E-state index is 10.8. The van der Waals surface area contributed by atoms with Gasteiger partial charge in [-0.15, -0.1) is 5.10 Å². The predicted molar refractivity (Wildman–Crippen MR) is 61.6 cm³/mol. The number of rotatable bonds is 5. The van der Waals surface area contributed by atoms with E-state index in [0.29, 0.717) is 17.9 Å². The van der Waals surface area contributed by atoms with Gasteiger partial charge in [-0.2, -0.15) is 5.10 Å². The monoisotopic (exact) mass is 250 g/mol. The van der Waals surface area contributed by atoms with Crippen LogP contribution in [0.1, 0.15) is 25.8 Å². The van der Waals surface area contributed by atoms with E-state index in [0.717, 1.165) is 0 Å². The molecule has 0 bridgehead atoms. The van der Waals surface area contributed by atoms with Gasteiger partial charge in [-0.25, -0.2) is 4.68 Å². The molecule has 2 aromatic rings. The Morgan fingerprint density at radius 2 is 2.33 bits per heavy atom. The smallest absolute Gasteiger partial charge is 0.305 e. The largest absolute Gasteiger partial charge is 0.481 e. The van der Waals surface area contributed by atoms with Crippen LogP contribution in [-0.2, 0) is 11.8 Å². The summed E-state index contributed by atoms with van der Waals surface area (Å²) in [6.45, 7) is 1.90. The number of carbonyl (C=O) groups is 1. The molecule has 0 saturated heterocycles. The Morgan fingerprint density at radius 1 is 1.56 bits per heavy atom. The molecule has 2 aromatic heterocycles. The van der Waals surface area contributed by atoms with Gasteiger partial charge in [0.1, 0.15) is 5.69 Å². The highest BCUT2D eigenvalue weighted by Crippen LogP contribution is 2.21. The predicted octanol–water partition coefficient (Wildman–Crippen LogP) is 0.499. The molecule has 1 unspecified atom stereocenters. The van der Waals surface area contributed by atoms with Crippen molar-refractivity contribution in [3.63, 3.8) is 0 Å². The van der Waals surface area contributed by atoms with Crippen molar-refractivity contribution in [2.45, 2.75) is 25.8 Å². The third kappa shape index (κ3) is 2.36. The fourth-order valence-electron chi connectivity index (χ4n) is 1.75. The molecule has 0 radical (unpaired) electrons. The van der Waals surface area contributed by atoms with Gasteiger partial charge in [0.2, 0.25) is 5.82 Å². The van der Waals surface area contributed by atoms with Crippen LogP contribution in [0.25, 0.3) is 11.5 Å². The lowest BCUT2D eigenvalue weighted by Crippen LogP contribution is -2.15. The lowest BCUT2D eigenvalue weighted by Gasteiger charge is -2.13. The first kappa shape index (κ1) is 12.2. The second-order valence-corrected chi connectivity index (χ2v) is 3.98. The molecule has 8 nitrogen and oxygen atoms in total. The number of hydrogen-bond donors (Lipinski definition) is 1. The first-order valence-electron chi connectivity index (χ1n) is 5.61. The maximum absolute atomic E-state index is 10.8. The first-order valence-corrected chi connectivity index (χ1v) is 5.61. The van der Waals surface area contributed by atoms with Crippen LogP contribution in [0.3, 0.4) is 0 Å². The van der Waals surface area contributed by atoms with Gasteiger partial charge in [-0.05, 0) is 22.9 Å². The van der Waals surface area contributed by atoms with E-state index in [4.69, 9.17) is 5.11 Å². The number of hydrogen-bond acceptors (Lipinski definition) is 5. The van der Waals surface area contributed by atoms with Crippen molar-refractivity contribution in [1.29, 1.82) is 0 Å². The molecule has 0 spiro atoms. The van der Waals surface area contributed by atoms with E-state index in [-0.39, 0.29) is 12.5 Å². The van der Waals surface area contributed by atoms with E-state index >= 15 is 0 Å². The zero-order chi connectivity index (χ0) is 13.1. The minimum Gasteiger partial charge on any atom is -0.481 e. The Labute approximate surface area is 103 Å². The van der Waals surface area contributed by atoms with Crippen LogP contribution in [0, 0.1) is 0 Å². The van der Waals surface area contributed by atoms with Gasteiger partial charge in [-0.3, -0.25) is 9.48 Å². The topological polar surface area (TPSA) is 98.7 Å². The Bertz CT molecular complexity index is 546. The standard InChI is InChI=1S/C10H14N6O2/c1-3-7(6-9(17)18)16-10(11-13-14-16)8-4-5-15(2)12-8/h4-5,7H,3,6H2,1-2H3,(H,17,18). The highest BCUT2D eigenvalue weighted by atomic mass is 16.4. The van der Waals surface area contributed by atoms with Crippen LogP contribution in [0.4, 0.5) is 0 Å². The van der Waals surface area contributed by atoms with E-state index in [2.05, 4.69) is 20.6 Å². The van der Waals surface area contributed by atoms with Gasteiger partial charge in [-0.1, -0.05) is 6.92 Å². The van der Waals surface area contributed by atoms with Crippen molar-refractivity contribution < 1.29 is 9.90 Å². The molecule has 96 valence electrons. The van der Waals surface area contributed by atoms with Gasteiger partial charge < -0.3 is 5.11 Å². The molecule has 1 atom stereocenters. The number of aromatic nitrogens is 6. The van der Waals surface area contributed by atoms with Crippen molar-refractivity contribution in [3.05, 3.63) is 12.3 Å². The summed E-state index contributed by atoms with van der Waals surface area (Å²) in [5.41, 5.74) is 0.631. The Morgan fingerprint density at radius 3 is 2.89 bits per heavy atom. The molecule has 2 heterocycles. The van der Waals surface area contributed by atoms with Crippen molar-refractivity contribution in [2.75, 3.05) is 0 Å². The van der Waals surface area contributed by atoms with Crippen molar-refractivity contribution in [2.24, 2.45) is 7.05 Å². The van der Waals surface area contributed by atoms with Crippen molar-refractivity contribution in [1.82, 2.24) is 30.0 Å². The molecule has 0 fully saturated rings. The zero-order valence-electron chi connectivity index (χ0n) is 10.2. The van der Waals surface area contributed by atoms with Crippen molar-refractivity contribution in [3.8, 4) is 11.5 Å². The molecule has 0 aliphatic heterocycles. The summed E-state index contributed by atoms with van der Waals surface area (Å²) in [6, 6.07) is 1.52. The fraction of sp³-hybridized carbons (Fsp3) is 0.500. The average molecular weight is 250 g/mol. The first-order chi connectivity index (χ1) is 8.61. The molecular formula is C10H14N6O2. The quantitative estimate of drug-likeness (QED) is 0.829. The van der Waals surface area contributed by atoms with Gasteiger partial charge in [0.25, 0.3) is 0 Å². The zero-order valence-corrected chi connectivity index (χ0v) is 10.2. The van der Waals surface area contributed by atoms with Crippen LogP contribution in [0.5, 0.6) is 0 Å². The van der Waals surface area contributed by atoms with Crippen LogP contribution in [0.15, 0.2) is 12.3 Å². The molecule has 18 heavy (non-hydrogen) atoms. The van der Waals surface area contributed by atoms with Gasteiger partial charge in [0.05, 0.1) is 12.5 Å². The molecule has 0 aromatic carbocycles. The summed E-state index contributed by atoms with van der Waals surface area (Å²) in [6.07, 6.45) is 2.41. The molecule has 0 saturated carbocycles. The third-order valence-corrected chi connectivity index (χ3v) is 2.66. The van der Waals surface area contributed by atoms with Crippen molar-refractivity contribution >= 4 is 5.97 Å². The van der Waals surface area contributed by atoms with E-state index in [1.807, 2.05) is 6.92 Å². The van der Waals surface area contributed by atoms with Gasteiger partial charge in [0.15, 0.2) is 0 Å². The van der Waals surface area contributed by atoms with Crippen LogP contribution < -0.4 is 0 Å². The normalized spacial score (nSPS) is 12.6. The second-order valence-electron chi connectivity index (χ2n) is 3.98. The second kappa shape index (κ2) is 4.94. The molecule has 0 aliphatic carbocycles. The lowest BCUT2D eigenvalue weighted by atomic mass is 10.1. The lowest BCUT2D eigenvalue weighted by molar-refractivity contribution is -0.138. The van der Waals surface area contributed by atoms with Gasteiger partial charge in [0, 0.05) is 13.2 Å². The summed E-state index contributed by atoms with van der Waals surface area (Å²) in [7, 11) is 1.80. The molecule has 1 N–H and O–H groups in total. The molecule has 2 rings (SSSR count). The molecule has 8 heteroatoms. The minimum atomic E-state index is -0.871. The summed E-state index contributed by atoms with van der Waals surface area (Å²) < 4.78 is 3.17. The number of nitrogens with zero attached hydrogens (tertiary/aromatic N) is 6. The average Bonchev–Trinajstić information content (AvgIpc) is 2.93. The number of tetrazole rings is 1. The summed E-state index contributed by atoms with van der Waals surface area (Å²) in [5, 5.41) is 24.5. The Kier molecular flexibility index (Phi) is 3.35. The minimum absolute atomic E-state index is 0.0125. The molecule has 0 aliphatic rings. The van der Waals surface area contributed by atoms with Gasteiger partial charge >= 0.3 is 5.97 Å². The SMILES string of the molecule is CCC(CC(=O)O)n1nnnc1-c1ccn(C)n1. The number of carboxylic acids is 1. The number of aliphatic carboxylic acids is 1. The highest BCUT2D eigenvalue weighted by Gasteiger charge is 2.20. The van der Waals surface area contributed by atoms with E-state index < -0.39 is 5.97 Å². The number of aryl methyl sites for hydroxylation is 1. The van der Waals surface area contributed by atoms with E-state index in [1.165, 1.54) is 4.68 Å². The molecular weight excluding hydrogens is 236 g/mol. The highest BCUT2D eigenvalue weighted by molar-refractivity contribution is 5.67. The summed E-state index contributed by atoms with van der Waals surface area (Å²) >= 11 is 0. The van der Waals surface area contributed by atoms with Crippen LogP contribution >= 0.6 is 0 Å². The van der Waals surface area contributed by atoms with E-state index in [1.54, 1.807) is 24.0 Å². The summed E-state index contributed by atoms with van der Waals surface area (Å²) in [5.74, 6) is -0.381.